The minimum absolute atomic E-state index is 0.0943. The summed E-state index contributed by atoms with van der Waals surface area (Å²) >= 11 is 9.26. The molecule has 1 saturated heterocycles. The standard InChI is InChI=1S/C9H7BrClNO/c10-7-2-1-5(11)3-6(7)8-4-9(13)12-8/h1-3,8H,4H2,(H,12,13). The van der Waals surface area contributed by atoms with Gasteiger partial charge in [-0.15, -0.1) is 0 Å². The molecule has 1 aromatic carbocycles. The van der Waals surface area contributed by atoms with Crippen LogP contribution in [0.5, 0.6) is 0 Å². The summed E-state index contributed by atoms with van der Waals surface area (Å²) in [5.74, 6) is 0.0943. The number of rotatable bonds is 1. The number of amides is 1. The van der Waals surface area contributed by atoms with E-state index in [4.69, 9.17) is 11.6 Å². The third kappa shape index (κ3) is 1.71. The maximum absolute atomic E-state index is 10.7. The van der Waals surface area contributed by atoms with Crippen LogP contribution in [0.25, 0.3) is 0 Å². The lowest BCUT2D eigenvalue weighted by molar-refractivity contribution is -0.128. The van der Waals surface area contributed by atoms with Gasteiger partial charge in [-0.2, -0.15) is 0 Å². The fourth-order valence-electron chi connectivity index (χ4n) is 1.33. The smallest absolute Gasteiger partial charge is 0.222 e. The predicted molar refractivity (Wildman–Crippen MR) is 54.7 cm³/mol. The average molecular weight is 261 g/mol. The summed E-state index contributed by atoms with van der Waals surface area (Å²) in [5, 5.41) is 3.49. The van der Waals surface area contributed by atoms with Crippen LogP contribution in [0.4, 0.5) is 0 Å². The molecule has 0 bridgehead atoms. The summed E-state index contributed by atoms with van der Waals surface area (Å²) in [6, 6.07) is 5.70. The summed E-state index contributed by atoms with van der Waals surface area (Å²) < 4.78 is 0.988. The number of β-lactam (4-membered cyclic amide) rings is 1. The van der Waals surface area contributed by atoms with Gasteiger partial charge in [0.1, 0.15) is 0 Å². The van der Waals surface area contributed by atoms with Gasteiger partial charge in [0.2, 0.25) is 5.91 Å². The largest absolute Gasteiger partial charge is 0.349 e. The molecular weight excluding hydrogens is 253 g/mol. The van der Waals surface area contributed by atoms with Gasteiger partial charge in [-0.05, 0) is 23.8 Å². The van der Waals surface area contributed by atoms with Gasteiger partial charge in [-0.3, -0.25) is 4.79 Å². The number of hydrogen-bond donors (Lipinski definition) is 1. The summed E-state index contributed by atoms with van der Waals surface area (Å²) in [5.41, 5.74) is 1.05. The van der Waals surface area contributed by atoms with Gasteiger partial charge in [0, 0.05) is 9.50 Å². The topological polar surface area (TPSA) is 29.1 Å². The molecule has 2 nitrogen and oxygen atoms in total. The summed E-state index contributed by atoms with van der Waals surface area (Å²) in [6.45, 7) is 0. The van der Waals surface area contributed by atoms with Crippen LogP contribution in [0.2, 0.25) is 5.02 Å². The molecular formula is C9H7BrClNO. The molecule has 13 heavy (non-hydrogen) atoms. The summed E-state index contributed by atoms with van der Waals surface area (Å²) in [6.07, 6.45) is 0.555. The van der Waals surface area contributed by atoms with Gasteiger partial charge in [0.25, 0.3) is 0 Å². The van der Waals surface area contributed by atoms with E-state index in [2.05, 4.69) is 21.2 Å². The Balaban J connectivity index is 2.29. The quantitative estimate of drug-likeness (QED) is 0.773. The highest BCUT2D eigenvalue weighted by Gasteiger charge is 2.28. The number of benzene rings is 1. The monoisotopic (exact) mass is 259 g/mol. The van der Waals surface area contributed by atoms with Crippen LogP contribution in [-0.2, 0) is 4.79 Å². The molecule has 1 fully saturated rings. The molecule has 1 amide bonds. The number of halogens is 2. The van der Waals surface area contributed by atoms with E-state index in [0.717, 1.165) is 10.0 Å². The lowest BCUT2D eigenvalue weighted by Gasteiger charge is -2.28. The Morgan fingerprint density at radius 1 is 1.54 bits per heavy atom. The third-order valence-corrected chi connectivity index (χ3v) is 3.02. The molecule has 2 rings (SSSR count). The van der Waals surface area contributed by atoms with E-state index in [0.29, 0.717) is 11.4 Å². The number of carbonyl (C=O) groups excluding carboxylic acids is 1. The Morgan fingerprint density at radius 2 is 2.23 bits per heavy atom. The molecule has 1 heterocycles. The first-order chi connectivity index (χ1) is 6.16. The van der Waals surface area contributed by atoms with Crippen LogP contribution in [0.3, 0.4) is 0 Å². The van der Waals surface area contributed by atoms with Crippen LogP contribution in [0, 0.1) is 0 Å². The van der Waals surface area contributed by atoms with E-state index in [-0.39, 0.29) is 11.9 Å². The van der Waals surface area contributed by atoms with Crippen molar-refractivity contribution in [1.82, 2.24) is 5.32 Å². The van der Waals surface area contributed by atoms with E-state index in [1.807, 2.05) is 18.2 Å². The minimum atomic E-state index is 0.0943. The van der Waals surface area contributed by atoms with Crippen LogP contribution in [-0.4, -0.2) is 5.91 Å². The Bertz CT molecular complexity index is 359. The van der Waals surface area contributed by atoms with Gasteiger partial charge in [-0.1, -0.05) is 27.5 Å². The summed E-state index contributed by atoms with van der Waals surface area (Å²) in [4.78, 5) is 10.7. The molecule has 1 aliphatic rings. The van der Waals surface area contributed by atoms with Crippen molar-refractivity contribution in [3.05, 3.63) is 33.3 Å². The molecule has 0 saturated carbocycles. The minimum Gasteiger partial charge on any atom is -0.349 e. The fourth-order valence-corrected chi connectivity index (χ4v) is 2.03. The van der Waals surface area contributed by atoms with E-state index >= 15 is 0 Å². The molecule has 0 aromatic heterocycles. The van der Waals surface area contributed by atoms with Gasteiger partial charge >= 0.3 is 0 Å². The lowest BCUT2D eigenvalue weighted by atomic mass is 9.97. The molecule has 1 atom stereocenters. The fraction of sp³-hybridized carbons (Fsp3) is 0.222. The van der Waals surface area contributed by atoms with Gasteiger partial charge in [0.15, 0.2) is 0 Å². The number of hydrogen-bond acceptors (Lipinski definition) is 1. The molecule has 0 aliphatic carbocycles. The van der Waals surface area contributed by atoms with Crippen LogP contribution in [0.15, 0.2) is 22.7 Å². The zero-order chi connectivity index (χ0) is 9.42. The van der Waals surface area contributed by atoms with Crippen molar-refractivity contribution in [3.8, 4) is 0 Å². The molecule has 1 N–H and O–H groups in total. The van der Waals surface area contributed by atoms with Crippen molar-refractivity contribution < 1.29 is 4.79 Å². The second-order valence-electron chi connectivity index (χ2n) is 2.99. The molecule has 1 aromatic rings. The van der Waals surface area contributed by atoms with Gasteiger partial charge in [-0.25, -0.2) is 0 Å². The van der Waals surface area contributed by atoms with Crippen molar-refractivity contribution in [2.75, 3.05) is 0 Å². The molecule has 4 heteroatoms. The molecule has 1 unspecified atom stereocenters. The second kappa shape index (κ2) is 3.31. The highest BCUT2D eigenvalue weighted by molar-refractivity contribution is 9.10. The normalized spacial score (nSPS) is 20.8. The van der Waals surface area contributed by atoms with Gasteiger partial charge < -0.3 is 5.32 Å². The van der Waals surface area contributed by atoms with Crippen LogP contribution in [0.1, 0.15) is 18.0 Å². The first kappa shape index (κ1) is 9.03. The first-order valence-corrected chi connectivity index (χ1v) is 5.08. The number of nitrogens with one attached hydrogen (secondary N) is 1. The van der Waals surface area contributed by atoms with E-state index in [9.17, 15) is 4.79 Å². The van der Waals surface area contributed by atoms with Crippen molar-refractivity contribution in [1.29, 1.82) is 0 Å². The molecule has 0 spiro atoms. The van der Waals surface area contributed by atoms with Crippen molar-refractivity contribution in [3.63, 3.8) is 0 Å². The van der Waals surface area contributed by atoms with Crippen LogP contribution >= 0.6 is 27.5 Å². The average Bonchev–Trinajstić information content (AvgIpc) is 2.04. The van der Waals surface area contributed by atoms with E-state index in [1.165, 1.54) is 0 Å². The Morgan fingerprint density at radius 3 is 2.85 bits per heavy atom. The first-order valence-electron chi connectivity index (χ1n) is 3.91. The molecule has 68 valence electrons. The van der Waals surface area contributed by atoms with Crippen molar-refractivity contribution in [2.24, 2.45) is 0 Å². The lowest BCUT2D eigenvalue weighted by Crippen LogP contribution is -2.41. The van der Waals surface area contributed by atoms with Crippen molar-refractivity contribution >= 4 is 33.4 Å². The summed E-state index contributed by atoms with van der Waals surface area (Å²) in [7, 11) is 0. The zero-order valence-corrected chi connectivity index (χ0v) is 9.02. The highest BCUT2D eigenvalue weighted by atomic mass is 79.9. The van der Waals surface area contributed by atoms with E-state index < -0.39 is 0 Å². The Hall–Kier alpha value is -0.540. The van der Waals surface area contributed by atoms with E-state index in [1.54, 1.807) is 0 Å². The molecule has 0 radical (unpaired) electrons. The second-order valence-corrected chi connectivity index (χ2v) is 4.28. The maximum atomic E-state index is 10.7. The Kier molecular flexibility index (Phi) is 2.30. The molecule has 1 aliphatic heterocycles. The number of carbonyl (C=O) groups is 1. The highest BCUT2D eigenvalue weighted by Crippen LogP contribution is 2.31. The van der Waals surface area contributed by atoms with Gasteiger partial charge in [0.05, 0.1) is 12.5 Å². The SMILES string of the molecule is O=C1CC(c2cc(Cl)ccc2Br)N1. The van der Waals surface area contributed by atoms with Crippen molar-refractivity contribution in [2.45, 2.75) is 12.5 Å². The third-order valence-electron chi connectivity index (χ3n) is 2.06. The predicted octanol–water partition coefficient (Wildman–Crippen LogP) is 2.66. The maximum Gasteiger partial charge on any atom is 0.222 e. The zero-order valence-electron chi connectivity index (χ0n) is 6.68. The Labute approximate surface area is 89.4 Å². The van der Waals surface area contributed by atoms with Crippen LogP contribution < -0.4 is 5.32 Å².